The Morgan fingerprint density at radius 3 is 2.89 bits per heavy atom. The van der Waals surface area contributed by atoms with E-state index < -0.39 is 0 Å². The lowest BCUT2D eigenvalue weighted by atomic mass is 10.1. The van der Waals surface area contributed by atoms with Crippen LogP contribution in [0.15, 0.2) is 12.8 Å². The van der Waals surface area contributed by atoms with Crippen molar-refractivity contribution in [3.8, 4) is 0 Å². The van der Waals surface area contributed by atoms with Gasteiger partial charge in [-0.1, -0.05) is 6.58 Å². The molecule has 1 rings (SSSR count). The second-order valence-electron chi connectivity index (χ2n) is 2.58. The largest absolute Gasteiger partial charge is 0.376 e. The molecular weight excluding hydrogens is 112 g/mol. The van der Waals surface area contributed by atoms with E-state index in [1.165, 1.54) is 12.8 Å². The lowest BCUT2D eigenvalue weighted by Crippen LogP contribution is -2.39. The molecule has 0 aliphatic carbocycles. The van der Waals surface area contributed by atoms with Crippen molar-refractivity contribution in [1.29, 1.82) is 0 Å². The molecule has 52 valence electrons. The normalized spacial score (nSPS) is 28.1. The zero-order valence-electron chi connectivity index (χ0n) is 5.71. The van der Waals surface area contributed by atoms with Gasteiger partial charge in [-0.2, -0.15) is 0 Å². The van der Waals surface area contributed by atoms with E-state index >= 15 is 0 Å². The van der Waals surface area contributed by atoms with Crippen molar-refractivity contribution in [2.24, 2.45) is 5.73 Å². The molecule has 2 heteroatoms. The second-order valence-corrected chi connectivity index (χ2v) is 2.58. The van der Waals surface area contributed by atoms with Gasteiger partial charge in [0.05, 0.1) is 0 Å². The Morgan fingerprint density at radius 2 is 2.44 bits per heavy atom. The first-order valence-corrected chi connectivity index (χ1v) is 3.45. The molecule has 1 aliphatic heterocycles. The van der Waals surface area contributed by atoms with E-state index in [1.54, 1.807) is 0 Å². The topological polar surface area (TPSA) is 29.3 Å². The van der Waals surface area contributed by atoms with Gasteiger partial charge in [0.1, 0.15) is 0 Å². The van der Waals surface area contributed by atoms with Crippen LogP contribution in [0.1, 0.15) is 12.8 Å². The number of rotatable bonds is 1. The Balaban J connectivity index is 2.31. The summed E-state index contributed by atoms with van der Waals surface area (Å²) in [5.41, 5.74) is 5.71. The van der Waals surface area contributed by atoms with Gasteiger partial charge in [-0.25, -0.2) is 0 Å². The third-order valence-electron chi connectivity index (χ3n) is 1.75. The van der Waals surface area contributed by atoms with Crippen LogP contribution < -0.4 is 5.73 Å². The van der Waals surface area contributed by atoms with Crippen molar-refractivity contribution < 1.29 is 0 Å². The number of hydrogen-bond acceptors (Lipinski definition) is 2. The van der Waals surface area contributed by atoms with Crippen molar-refractivity contribution in [3.63, 3.8) is 0 Å². The molecule has 1 unspecified atom stereocenters. The smallest absolute Gasteiger partial charge is 0.0324 e. The molecule has 9 heavy (non-hydrogen) atoms. The first-order chi connectivity index (χ1) is 4.33. The zero-order chi connectivity index (χ0) is 6.69. The summed E-state index contributed by atoms with van der Waals surface area (Å²) in [6.45, 7) is 5.81. The van der Waals surface area contributed by atoms with Gasteiger partial charge in [-0.05, 0) is 19.0 Å². The van der Waals surface area contributed by atoms with E-state index in [1.807, 2.05) is 6.20 Å². The summed E-state index contributed by atoms with van der Waals surface area (Å²) in [5, 5.41) is 0. The number of nitrogens with zero attached hydrogens (tertiary/aromatic N) is 1. The van der Waals surface area contributed by atoms with Gasteiger partial charge in [0.25, 0.3) is 0 Å². The third kappa shape index (κ3) is 1.72. The van der Waals surface area contributed by atoms with E-state index in [9.17, 15) is 0 Å². The number of nitrogens with two attached hydrogens (primary N) is 1. The molecule has 0 aromatic heterocycles. The van der Waals surface area contributed by atoms with Crippen molar-refractivity contribution >= 4 is 0 Å². The van der Waals surface area contributed by atoms with Gasteiger partial charge in [0, 0.05) is 19.1 Å². The minimum absolute atomic E-state index is 0.372. The fourth-order valence-corrected chi connectivity index (χ4v) is 1.21. The van der Waals surface area contributed by atoms with Crippen molar-refractivity contribution in [3.05, 3.63) is 12.8 Å². The molecule has 0 bridgehead atoms. The third-order valence-corrected chi connectivity index (χ3v) is 1.75. The first kappa shape index (κ1) is 6.62. The number of hydrogen-bond donors (Lipinski definition) is 1. The lowest BCUT2D eigenvalue weighted by Gasteiger charge is -2.28. The SMILES string of the molecule is C=CN1CCCC(N)C1. The molecular formula is C7H14N2. The van der Waals surface area contributed by atoms with Crippen molar-refractivity contribution in [1.82, 2.24) is 4.90 Å². The predicted molar refractivity (Wildman–Crippen MR) is 39.0 cm³/mol. The van der Waals surface area contributed by atoms with Crippen LogP contribution in [0.4, 0.5) is 0 Å². The van der Waals surface area contributed by atoms with E-state index in [4.69, 9.17) is 5.73 Å². The minimum Gasteiger partial charge on any atom is -0.376 e. The maximum Gasteiger partial charge on any atom is 0.0324 e. The molecule has 0 aromatic rings. The Hall–Kier alpha value is -0.500. The summed E-state index contributed by atoms with van der Waals surface area (Å²) in [6, 6.07) is 0.372. The van der Waals surface area contributed by atoms with E-state index in [0.29, 0.717) is 6.04 Å². The van der Waals surface area contributed by atoms with Gasteiger partial charge in [-0.15, -0.1) is 0 Å². The molecule has 2 nitrogen and oxygen atoms in total. The Bertz CT molecular complexity index is 101. The highest BCUT2D eigenvalue weighted by molar-refractivity contribution is 4.80. The van der Waals surface area contributed by atoms with Crippen LogP contribution in [0.25, 0.3) is 0 Å². The van der Waals surface area contributed by atoms with E-state index in [0.717, 1.165) is 13.1 Å². The van der Waals surface area contributed by atoms with Crippen molar-refractivity contribution in [2.45, 2.75) is 18.9 Å². The van der Waals surface area contributed by atoms with Crippen LogP contribution in [0.3, 0.4) is 0 Å². The standard InChI is InChI=1S/C7H14N2/c1-2-9-5-3-4-7(8)6-9/h2,7H,1,3-6,8H2. The number of piperidine rings is 1. The zero-order valence-corrected chi connectivity index (χ0v) is 5.71. The summed E-state index contributed by atoms with van der Waals surface area (Å²) in [5.74, 6) is 0. The second kappa shape index (κ2) is 2.87. The average Bonchev–Trinajstić information content (AvgIpc) is 1.88. The van der Waals surface area contributed by atoms with Crippen LogP contribution in [0, 0.1) is 0 Å². The van der Waals surface area contributed by atoms with Gasteiger partial charge < -0.3 is 10.6 Å². The van der Waals surface area contributed by atoms with Crippen LogP contribution in [-0.2, 0) is 0 Å². The maximum atomic E-state index is 5.71. The first-order valence-electron chi connectivity index (χ1n) is 3.45. The van der Waals surface area contributed by atoms with Crippen LogP contribution in [0.5, 0.6) is 0 Å². The Labute approximate surface area is 56.3 Å². The minimum atomic E-state index is 0.372. The molecule has 0 saturated carbocycles. The summed E-state index contributed by atoms with van der Waals surface area (Å²) >= 11 is 0. The molecule has 0 radical (unpaired) electrons. The van der Waals surface area contributed by atoms with Crippen LogP contribution in [0.2, 0.25) is 0 Å². The molecule has 1 saturated heterocycles. The summed E-state index contributed by atoms with van der Waals surface area (Å²) in [4.78, 5) is 2.17. The lowest BCUT2D eigenvalue weighted by molar-refractivity contribution is 0.281. The molecule has 0 amide bonds. The highest BCUT2D eigenvalue weighted by Crippen LogP contribution is 2.06. The number of likely N-dealkylation sites (tertiary alicyclic amines) is 1. The fourth-order valence-electron chi connectivity index (χ4n) is 1.21. The molecule has 1 aliphatic rings. The van der Waals surface area contributed by atoms with Gasteiger partial charge in [0.15, 0.2) is 0 Å². The summed E-state index contributed by atoms with van der Waals surface area (Å²) in [7, 11) is 0. The molecule has 1 atom stereocenters. The quantitative estimate of drug-likeness (QED) is 0.556. The molecule has 0 aromatic carbocycles. The monoisotopic (exact) mass is 126 g/mol. The summed E-state index contributed by atoms with van der Waals surface area (Å²) < 4.78 is 0. The average molecular weight is 126 g/mol. The van der Waals surface area contributed by atoms with Gasteiger partial charge in [0.2, 0.25) is 0 Å². The highest BCUT2D eigenvalue weighted by atomic mass is 15.1. The molecule has 1 fully saturated rings. The fraction of sp³-hybridized carbons (Fsp3) is 0.714. The van der Waals surface area contributed by atoms with E-state index in [-0.39, 0.29) is 0 Å². The van der Waals surface area contributed by atoms with Gasteiger partial charge >= 0.3 is 0 Å². The van der Waals surface area contributed by atoms with E-state index in [2.05, 4.69) is 11.5 Å². The van der Waals surface area contributed by atoms with Gasteiger partial charge in [-0.3, -0.25) is 0 Å². The highest BCUT2D eigenvalue weighted by Gasteiger charge is 2.12. The maximum absolute atomic E-state index is 5.71. The molecule has 1 heterocycles. The van der Waals surface area contributed by atoms with Crippen molar-refractivity contribution in [2.75, 3.05) is 13.1 Å². The molecule has 2 N–H and O–H groups in total. The van der Waals surface area contributed by atoms with Crippen LogP contribution >= 0.6 is 0 Å². The Morgan fingerprint density at radius 1 is 1.67 bits per heavy atom. The predicted octanol–water partition coefficient (Wildman–Crippen LogP) is 0.553. The Kier molecular flexibility index (Phi) is 2.11. The van der Waals surface area contributed by atoms with Crippen LogP contribution in [-0.4, -0.2) is 24.0 Å². The summed E-state index contributed by atoms with van der Waals surface area (Å²) in [6.07, 6.45) is 4.26. The molecule has 0 spiro atoms.